The van der Waals surface area contributed by atoms with Crippen molar-refractivity contribution in [1.82, 2.24) is 15.3 Å². The monoisotopic (exact) mass is 425 g/mol. The summed E-state index contributed by atoms with van der Waals surface area (Å²) in [4.78, 5) is 21.1. The molecule has 0 saturated heterocycles. The van der Waals surface area contributed by atoms with Crippen molar-refractivity contribution in [2.75, 3.05) is 20.8 Å². The highest BCUT2D eigenvalue weighted by molar-refractivity contribution is 6.32. The van der Waals surface area contributed by atoms with Gasteiger partial charge in [0.15, 0.2) is 0 Å². The fourth-order valence-electron chi connectivity index (χ4n) is 3.39. The van der Waals surface area contributed by atoms with Crippen LogP contribution < -0.4 is 19.5 Å². The van der Waals surface area contributed by atoms with Gasteiger partial charge in [-0.15, -0.1) is 0 Å². The number of amides is 1. The molecule has 2 aromatic carbocycles. The van der Waals surface area contributed by atoms with E-state index in [9.17, 15) is 4.79 Å². The van der Waals surface area contributed by atoms with Crippen LogP contribution in [0, 0.1) is 0 Å². The Labute approximate surface area is 179 Å². The van der Waals surface area contributed by atoms with Crippen molar-refractivity contribution in [2.24, 2.45) is 0 Å². The van der Waals surface area contributed by atoms with Crippen LogP contribution in [-0.4, -0.2) is 42.7 Å². The van der Waals surface area contributed by atoms with E-state index in [1.54, 1.807) is 43.9 Å². The lowest BCUT2D eigenvalue weighted by Crippen LogP contribution is -2.34. The fraction of sp³-hybridized carbons (Fsp3) is 0.227. The number of hydrogen-bond donors (Lipinski definition) is 1. The Hall–Kier alpha value is -3.32. The first-order valence-corrected chi connectivity index (χ1v) is 9.72. The van der Waals surface area contributed by atoms with Gasteiger partial charge in [0.25, 0.3) is 5.91 Å². The Morgan fingerprint density at radius 3 is 2.83 bits per heavy atom. The van der Waals surface area contributed by atoms with Crippen molar-refractivity contribution in [3.63, 3.8) is 0 Å². The minimum Gasteiger partial charge on any atom is -0.497 e. The van der Waals surface area contributed by atoms with Crippen molar-refractivity contribution in [2.45, 2.75) is 12.5 Å². The van der Waals surface area contributed by atoms with E-state index in [2.05, 4.69) is 15.3 Å². The predicted octanol–water partition coefficient (Wildman–Crippen LogP) is 3.55. The zero-order chi connectivity index (χ0) is 21.1. The molecule has 0 spiro atoms. The molecular formula is C22H20ClN3O4. The molecule has 0 saturated carbocycles. The molecule has 1 atom stereocenters. The number of nitrogens with one attached hydrogen (secondary N) is 1. The summed E-state index contributed by atoms with van der Waals surface area (Å²) in [7, 11) is 3.07. The van der Waals surface area contributed by atoms with Gasteiger partial charge in [0, 0.05) is 29.9 Å². The first-order chi connectivity index (χ1) is 14.6. The van der Waals surface area contributed by atoms with Crippen LogP contribution in [0.5, 0.6) is 17.2 Å². The van der Waals surface area contributed by atoms with Gasteiger partial charge in [0.05, 0.1) is 43.2 Å². The van der Waals surface area contributed by atoms with Gasteiger partial charge in [-0.25, -0.2) is 0 Å². The number of nitrogens with zero attached hydrogens (tertiary/aromatic N) is 2. The van der Waals surface area contributed by atoms with Gasteiger partial charge in [-0.2, -0.15) is 0 Å². The highest BCUT2D eigenvalue weighted by Crippen LogP contribution is 2.39. The Morgan fingerprint density at radius 2 is 2.10 bits per heavy atom. The zero-order valence-electron chi connectivity index (χ0n) is 16.5. The van der Waals surface area contributed by atoms with Crippen molar-refractivity contribution < 1.29 is 19.0 Å². The zero-order valence-corrected chi connectivity index (χ0v) is 17.3. The molecule has 1 amide bonds. The van der Waals surface area contributed by atoms with Gasteiger partial charge in [-0.05, 0) is 30.3 Å². The SMILES string of the molecule is COc1ccc(OC)c(C(=O)NCC2Cc3cc(-c4cnccn4)cc(Cl)c3O2)c1. The van der Waals surface area contributed by atoms with Gasteiger partial charge >= 0.3 is 0 Å². The maximum atomic E-state index is 12.7. The molecule has 30 heavy (non-hydrogen) atoms. The predicted molar refractivity (Wildman–Crippen MR) is 112 cm³/mol. The Balaban J connectivity index is 1.46. The normalized spacial score (nSPS) is 14.6. The molecule has 7 nitrogen and oxygen atoms in total. The molecule has 154 valence electrons. The molecular weight excluding hydrogens is 406 g/mol. The average Bonchev–Trinajstić information content (AvgIpc) is 3.21. The van der Waals surface area contributed by atoms with Crippen molar-refractivity contribution in [1.29, 1.82) is 0 Å². The molecule has 1 N–H and O–H groups in total. The quantitative estimate of drug-likeness (QED) is 0.650. The Kier molecular flexibility index (Phi) is 5.72. The third-order valence-corrected chi connectivity index (χ3v) is 5.13. The number of aromatic nitrogens is 2. The number of carbonyl (C=O) groups is 1. The first-order valence-electron chi connectivity index (χ1n) is 9.34. The summed E-state index contributed by atoms with van der Waals surface area (Å²) in [5.41, 5.74) is 2.99. The molecule has 0 radical (unpaired) electrons. The van der Waals surface area contributed by atoms with E-state index in [0.29, 0.717) is 40.8 Å². The van der Waals surface area contributed by atoms with Gasteiger partial charge in [-0.3, -0.25) is 14.8 Å². The largest absolute Gasteiger partial charge is 0.497 e. The Bertz CT molecular complexity index is 1080. The summed E-state index contributed by atoms with van der Waals surface area (Å²) in [5, 5.41) is 3.41. The van der Waals surface area contributed by atoms with Gasteiger partial charge < -0.3 is 19.5 Å². The van der Waals surface area contributed by atoms with Crippen LogP contribution in [0.25, 0.3) is 11.3 Å². The van der Waals surface area contributed by atoms with Gasteiger partial charge in [-0.1, -0.05) is 11.6 Å². The summed E-state index contributed by atoms with van der Waals surface area (Å²) in [6.07, 6.45) is 5.34. The van der Waals surface area contributed by atoms with E-state index in [0.717, 1.165) is 16.8 Å². The smallest absolute Gasteiger partial charge is 0.255 e. The minimum atomic E-state index is -0.267. The number of carbonyl (C=O) groups excluding carboxylic acids is 1. The van der Waals surface area contributed by atoms with Gasteiger partial charge in [0.1, 0.15) is 23.4 Å². The van der Waals surface area contributed by atoms with Gasteiger partial charge in [0.2, 0.25) is 0 Å². The van der Waals surface area contributed by atoms with Crippen LogP contribution in [0.15, 0.2) is 48.9 Å². The van der Waals surface area contributed by atoms with Crippen LogP contribution in [0.2, 0.25) is 5.02 Å². The molecule has 1 aliphatic heterocycles. The van der Waals surface area contributed by atoms with E-state index in [1.807, 2.05) is 12.1 Å². The number of methoxy groups -OCH3 is 2. The summed E-state index contributed by atoms with van der Waals surface area (Å²) in [5.74, 6) is 1.42. The van der Waals surface area contributed by atoms with Crippen LogP contribution in [0.1, 0.15) is 15.9 Å². The molecule has 8 heteroatoms. The van der Waals surface area contributed by atoms with E-state index in [1.165, 1.54) is 7.11 Å². The number of halogens is 1. The maximum absolute atomic E-state index is 12.7. The van der Waals surface area contributed by atoms with E-state index >= 15 is 0 Å². The number of benzene rings is 2. The molecule has 0 aliphatic carbocycles. The van der Waals surface area contributed by atoms with Crippen molar-refractivity contribution >= 4 is 17.5 Å². The summed E-state index contributed by atoms with van der Waals surface area (Å²) >= 11 is 6.43. The second-order valence-corrected chi connectivity index (χ2v) is 7.16. The Morgan fingerprint density at radius 1 is 1.23 bits per heavy atom. The van der Waals surface area contributed by atoms with E-state index in [4.69, 9.17) is 25.8 Å². The second-order valence-electron chi connectivity index (χ2n) is 6.76. The van der Waals surface area contributed by atoms with E-state index < -0.39 is 0 Å². The lowest BCUT2D eigenvalue weighted by atomic mass is 10.0. The molecule has 0 fully saturated rings. The van der Waals surface area contributed by atoms with Crippen molar-refractivity contribution in [3.8, 4) is 28.5 Å². The summed E-state index contributed by atoms with van der Waals surface area (Å²) < 4.78 is 16.5. The highest BCUT2D eigenvalue weighted by atomic mass is 35.5. The molecule has 2 heterocycles. The molecule has 4 rings (SSSR count). The van der Waals surface area contributed by atoms with Crippen molar-refractivity contribution in [3.05, 3.63) is 65.1 Å². The lowest BCUT2D eigenvalue weighted by molar-refractivity contribution is 0.0930. The number of hydrogen-bond acceptors (Lipinski definition) is 6. The van der Waals surface area contributed by atoms with Crippen LogP contribution in [0.4, 0.5) is 0 Å². The van der Waals surface area contributed by atoms with E-state index in [-0.39, 0.29) is 12.0 Å². The summed E-state index contributed by atoms with van der Waals surface area (Å²) in [6, 6.07) is 8.89. The number of rotatable bonds is 6. The van der Waals surface area contributed by atoms with Crippen LogP contribution >= 0.6 is 11.6 Å². The standard InChI is InChI=1S/C22H20ClN3O4/c1-28-15-3-4-20(29-2)17(10-15)22(27)26-11-16-8-14-7-13(9-18(23)21(14)30-16)19-12-24-5-6-25-19/h3-7,9-10,12,16H,8,11H2,1-2H3,(H,26,27). The van der Waals surface area contributed by atoms with Crippen LogP contribution in [0.3, 0.4) is 0 Å². The second kappa shape index (κ2) is 8.59. The number of ether oxygens (including phenoxy) is 3. The molecule has 1 aromatic heterocycles. The summed E-state index contributed by atoms with van der Waals surface area (Å²) in [6.45, 7) is 0.324. The molecule has 0 bridgehead atoms. The molecule has 1 aliphatic rings. The number of fused-ring (bicyclic) bond motifs is 1. The lowest BCUT2D eigenvalue weighted by Gasteiger charge is -2.14. The third-order valence-electron chi connectivity index (χ3n) is 4.85. The minimum absolute atomic E-state index is 0.227. The van der Waals surface area contributed by atoms with Crippen LogP contribution in [-0.2, 0) is 6.42 Å². The topological polar surface area (TPSA) is 82.6 Å². The third kappa shape index (κ3) is 4.02. The molecule has 1 unspecified atom stereocenters. The fourth-order valence-corrected chi connectivity index (χ4v) is 3.67. The maximum Gasteiger partial charge on any atom is 0.255 e. The first kappa shape index (κ1) is 20.0. The highest BCUT2D eigenvalue weighted by Gasteiger charge is 2.27. The average molecular weight is 426 g/mol. The molecule has 3 aromatic rings.